The summed E-state index contributed by atoms with van der Waals surface area (Å²) in [5.74, 6) is -0.0815. The third kappa shape index (κ3) is 54.9. The number of rotatable bonds is 56. The molecule has 0 radical (unpaired) electrons. The van der Waals surface area contributed by atoms with Crippen molar-refractivity contribution in [3.05, 3.63) is 60.8 Å². The zero-order valence-electron chi connectivity index (χ0n) is 46.5. The smallest absolute Gasteiger partial charge is 0.305 e. The van der Waals surface area contributed by atoms with Gasteiger partial charge in [0.05, 0.1) is 25.4 Å². The quantitative estimate of drug-likeness (QED) is 0.0321. The molecule has 0 fully saturated rings. The van der Waals surface area contributed by atoms with Gasteiger partial charge < -0.3 is 20.3 Å². The number of allylic oxidation sites excluding steroid dienone is 9. The van der Waals surface area contributed by atoms with E-state index < -0.39 is 12.1 Å². The molecule has 0 saturated heterocycles. The van der Waals surface area contributed by atoms with Gasteiger partial charge in [0.1, 0.15) is 0 Å². The minimum absolute atomic E-state index is 0.00681. The van der Waals surface area contributed by atoms with Crippen molar-refractivity contribution in [3.8, 4) is 0 Å². The Balaban J connectivity index is 3.47. The van der Waals surface area contributed by atoms with E-state index in [-0.39, 0.29) is 18.5 Å². The van der Waals surface area contributed by atoms with Gasteiger partial charge in [-0.1, -0.05) is 267 Å². The van der Waals surface area contributed by atoms with Crippen LogP contribution in [0.5, 0.6) is 0 Å². The number of hydrogen-bond donors (Lipinski definition) is 3. The fraction of sp³-hybridized carbons (Fsp3) is 0.812. The molecule has 1 amide bonds. The van der Waals surface area contributed by atoms with Gasteiger partial charge in [-0.05, 0) is 89.9 Å². The number of nitrogens with one attached hydrogen (secondary N) is 1. The molecule has 0 rings (SSSR count). The molecule has 6 heteroatoms. The summed E-state index contributed by atoms with van der Waals surface area (Å²) in [6, 6.07) is -0.633. The van der Waals surface area contributed by atoms with E-state index in [1.165, 1.54) is 225 Å². The van der Waals surface area contributed by atoms with Crippen LogP contribution in [0, 0.1) is 0 Å². The normalized spacial score (nSPS) is 13.0. The van der Waals surface area contributed by atoms with Crippen LogP contribution in [0.3, 0.4) is 0 Å². The summed E-state index contributed by atoms with van der Waals surface area (Å²) in [5.41, 5.74) is 0. The van der Waals surface area contributed by atoms with Gasteiger partial charge in [-0.15, -0.1) is 0 Å². The molecule has 0 aliphatic carbocycles. The Morgan fingerprint density at radius 1 is 0.400 bits per heavy atom. The van der Waals surface area contributed by atoms with Crippen LogP contribution >= 0.6 is 0 Å². The lowest BCUT2D eigenvalue weighted by Crippen LogP contribution is -2.45. The van der Waals surface area contributed by atoms with Crippen LogP contribution in [0.1, 0.15) is 309 Å². The number of hydrogen-bond acceptors (Lipinski definition) is 5. The Morgan fingerprint density at radius 2 is 0.729 bits per heavy atom. The molecule has 0 heterocycles. The Morgan fingerprint density at radius 3 is 1.13 bits per heavy atom. The molecule has 0 saturated carbocycles. The van der Waals surface area contributed by atoms with Gasteiger partial charge in [-0.3, -0.25) is 9.59 Å². The standard InChI is InChI=1S/C64H117NO5/c1-3-5-7-9-11-13-15-17-32-36-40-44-48-52-56-62(67)61(60-66)65-63(68)57-53-49-45-41-37-33-30-28-26-24-22-20-19-21-23-25-27-29-31-35-39-43-47-51-55-59-70-64(69)58-54-50-46-42-38-34-18-16-14-12-10-8-6-4-2/h10,12,16,18,20-23,52,56,61-62,66-67H,3-9,11,13-15,17,19,24-51,53-55,57-60H2,1-2H3,(H,65,68)/b12-10-,18-16-,22-20-,23-21-,56-52+. The molecule has 3 N–H and O–H groups in total. The highest BCUT2D eigenvalue weighted by Gasteiger charge is 2.18. The van der Waals surface area contributed by atoms with E-state index in [9.17, 15) is 19.8 Å². The van der Waals surface area contributed by atoms with Crippen LogP contribution in [0.25, 0.3) is 0 Å². The molecule has 0 aliphatic rings. The van der Waals surface area contributed by atoms with Gasteiger partial charge >= 0.3 is 5.97 Å². The minimum Gasteiger partial charge on any atom is -0.466 e. The van der Waals surface area contributed by atoms with E-state index in [1.54, 1.807) is 6.08 Å². The zero-order valence-corrected chi connectivity index (χ0v) is 46.5. The third-order valence-corrected chi connectivity index (χ3v) is 13.8. The first-order chi connectivity index (χ1) is 34.5. The van der Waals surface area contributed by atoms with E-state index in [4.69, 9.17) is 4.74 Å². The lowest BCUT2D eigenvalue weighted by Gasteiger charge is -2.20. The fourth-order valence-corrected chi connectivity index (χ4v) is 9.03. The zero-order chi connectivity index (χ0) is 50.7. The molecular weight excluding hydrogens is 863 g/mol. The van der Waals surface area contributed by atoms with Crippen LogP contribution in [-0.4, -0.2) is 47.4 Å². The lowest BCUT2D eigenvalue weighted by atomic mass is 10.0. The van der Waals surface area contributed by atoms with E-state index in [0.29, 0.717) is 19.4 Å². The van der Waals surface area contributed by atoms with Crippen molar-refractivity contribution in [2.75, 3.05) is 13.2 Å². The fourth-order valence-electron chi connectivity index (χ4n) is 9.03. The van der Waals surface area contributed by atoms with Crippen molar-refractivity contribution in [1.82, 2.24) is 5.32 Å². The second-order valence-corrected chi connectivity index (χ2v) is 20.7. The topological polar surface area (TPSA) is 95.9 Å². The summed E-state index contributed by atoms with van der Waals surface area (Å²) < 4.78 is 5.47. The first kappa shape index (κ1) is 67.6. The van der Waals surface area contributed by atoms with Crippen LogP contribution in [0.4, 0.5) is 0 Å². The number of ether oxygens (including phenoxy) is 1. The summed E-state index contributed by atoms with van der Waals surface area (Å²) in [6.07, 6.45) is 76.8. The summed E-state index contributed by atoms with van der Waals surface area (Å²) >= 11 is 0. The molecule has 0 aliphatic heterocycles. The maximum absolute atomic E-state index is 12.5. The monoisotopic (exact) mass is 980 g/mol. The summed E-state index contributed by atoms with van der Waals surface area (Å²) in [5, 5.41) is 23.1. The number of amides is 1. The van der Waals surface area contributed by atoms with E-state index >= 15 is 0 Å². The Labute approximate surface area is 435 Å². The molecule has 6 nitrogen and oxygen atoms in total. The Kier molecular flexibility index (Phi) is 57.1. The van der Waals surface area contributed by atoms with Gasteiger partial charge in [0.15, 0.2) is 0 Å². The molecule has 0 aromatic carbocycles. The number of carbonyl (C=O) groups excluding carboxylic acids is 2. The highest BCUT2D eigenvalue weighted by Crippen LogP contribution is 2.16. The molecule has 0 bridgehead atoms. The summed E-state index contributed by atoms with van der Waals surface area (Å²) in [7, 11) is 0. The highest BCUT2D eigenvalue weighted by molar-refractivity contribution is 5.76. The number of carbonyl (C=O) groups is 2. The molecule has 0 aromatic heterocycles. The average Bonchev–Trinajstić information content (AvgIpc) is 3.36. The largest absolute Gasteiger partial charge is 0.466 e. The first-order valence-corrected chi connectivity index (χ1v) is 30.6. The predicted molar refractivity (Wildman–Crippen MR) is 305 cm³/mol. The van der Waals surface area contributed by atoms with Crippen molar-refractivity contribution >= 4 is 11.9 Å². The second-order valence-electron chi connectivity index (χ2n) is 20.7. The number of esters is 1. The maximum atomic E-state index is 12.5. The molecular formula is C64H117NO5. The van der Waals surface area contributed by atoms with Crippen LogP contribution < -0.4 is 5.32 Å². The van der Waals surface area contributed by atoms with Gasteiger partial charge in [0.25, 0.3) is 0 Å². The lowest BCUT2D eigenvalue weighted by molar-refractivity contribution is -0.143. The van der Waals surface area contributed by atoms with Crippen LogP contribution in [0.2, 0.25) is 0 Å². The molecule has 2 unspecified atom stereocenters. The Bertz CT molecular complexity index is 1220. The van der Waals surface area contributed by atoms with Crippen molar-refractivity contribution in [1.29, 1.82) is 0 Å². The molecule has 0 aromatic rings. The highest BCUT2D eigenvalue weighted by atomic mass is 16.5. The maximum Gasteiger partial charge on any atom is 0.305 e. The van der Waals surface area contributed by atoms with Crippen molar-refractivity contribution in [2.45, 2.75) is 321 Å². The van der Waals surface area contributed by atoms with Gasteiger partial charge in [0, 0.05) is 12.8 Å². The van der Waals surface area contributed by atoms with Gasteiger partial charge in [-0.25, -0.2) is 0 Å². The molecule has 408 valence electrons. The first-order valence-electron chi connectivity index (χ1n) is 30.6. The van der Waals surface area contributed by atoms with E-state index in [2.05, 4.69) is 67.8 Å². The molecule has 0 spiro atoms. The summed E-state index contributed by atoms with van der Waals surface area (Å²) in [6.45, 7) is 4.85. The second kappa shape index (κ2) is 59.1. The predicted octanol–water partition coefficient (Wildman–Crippen LogP) is 19.1. The average molecular weight is 981 g/mol. The molecule has 70 heavy (non-hydrogen) atoms. The van der Waals surface area contributed by atoms with Crippen molar-refractivity contribution in [2.24, 2.45) is 0 Å². The summed E-state index contributed by atoms with van der Waals surface area (Å²) in [4.78, 5) is 24.5. The molecule has 2 atom stereocenters. The minimum atomic E-state index is -0.849. The van der Waals surface area contributed by atoms with Crippen LogP contribution in [0.15, 0.2) is 60.8 Å². The van der Waals surface area contributed by atoms with Gasteiger partial charge in [-0.2, -0.15) is 0 Å². The van der Waals surface area contributed by atoms with Crippen molar-refractivity contribution in [3.63, 3.8) is 0 Å². The van der Waals surface area contributed by atoms with Crippen molar-refractivity contribution < 1.29 is 24.5 Å². The van der Waals surface area contributed by atoms with Crippen LogP contribution in [-0.2, 0) is 14.3 Å². The number of aliphatic hydroxyl groups excluding tert-OH is 2. The third-order valence-electron chi connectivity index (χ3n) is 13.8. The number of unbranched alkanes of at least 4 members (excludes halogenated alkanes) is 37. The van der Waals surface area contributed by atoms with Gasteiger partial charge in [0.2, 0.25) is 5.91 Å². The van der Waals surface area contributed by atoms with E-state index in [0.717, 1.165) is 57.8 Å². The number of aliphatic hydroxyl groups is 2. The van der Waals surface area contributed by atoms with E-state index in [1.807, 2.05) is 6.08 Å². The Hall–Kier alpha value is -2.44. The SMILES string of the molecule is CCCC/C=C\C/C=C\CCCCCCCC(=O)OCCCCCCCCCCC/C=C\C/C=C\CCCCCCCCCCCC(=O)NC(CO)C(O)/C=C/CCCCCCCCCCCCCC.